The monoisotopic (exact) mass is 415 g/mol. The number of esters is 1. The largest absolute Gasteiger partial charge is 0.494 e. The van der Waals surface area contributed by atoms with Crippen molar-refractivity contribution in [1.29, 1.82) is 0 Å². The molecular formula is C26H25NO4. The number of carbonyl (C=O) groups is 1. The minimum Gasteiger partial charge on any atom is -0.494 e. The van der Waals surface area contributed by atoms with Gasteiger partial charge in [0.15, 0.2) is 11.5 Å². The van der Waals surface area contributed by atoms with Gasteiger partial charge < -0.3 is 14.2 Å². The van der Waals surface area contributed by atoms with Crippen molar-refractivity contribution in [2.45, 2.75) is 13.3 Å². The first kappa shape index (κ1) is 21.8. The second-order valence-corrected chi connectivity index (χ2v) is 6.67. The zero-order chi connectivity index (χ0) is 21.9. The predicted octanol–water partition coefficient (Wildman–Crippen LogP) is 5.67. The lowest BCUT2D eigenvalue weighted by molar-refractivity contribution is -0.129. The number of nitrogens with zero attached hydrogens (tertiary/aromatic N) is 1. The van der Waals surface area contributed by atoms with Crippen molar-refractivity contribution >= 4 is 24.2 Å². The molecule has 0 spiro atoms. The molecule has 0 aliphatic rings. The van der Waals surface area contributed by atoms with E-state index in [4.69, 9.17) is 14.2 Å². The summed E-state index contributed by atoms with van der Waals surface area (Å²) in [4.78, 5) is 16.5. The van der Waals surface area contributed by atoms with Crippen LogP contribution in [-0.2, 0) is 4.79 Å². The van der Waals surface area contributed by atoms with Gasteiger partial charge in [-0.25, -0.2) is 4.79 Å². The van der Waals surface area contributed by atoms with Gasteiger partial charge >= 0.3 is 5.97 Å². The van der Waals surface area contributed by atoms with Crippen LogP contribution in [0, 0.1) is 0 Å². The normalized spacial score (nSPS) is 11.0. The maximum Gasteiger partial charge on any atom is 0.336 e. The minimum absolute atomic E-state index is 0.357. The van der Waals surface area contributed by atoms with Crippen LogP contribution in [0.25, 0.3) is 18.2 Å². The first-order valence-electron chi connectivity index (χ1n) is 10.1. The summed E-state index contributed by atoms with van der Waals surface area (Å²) in [6.45, 7) is 2.74. The number of methoxy groups -OCH3 is 1. The summed E-state index contributed by atoms with van der Waals surface area (Å²) in [7, 11) is 1.54. The zero-order valence-corrected chi connectivity index (χ0v) is 17.7. The van der Waals surface area contributed by atoms with Crippen molar-refractivity contribution in [3.63, 3.8) is 0 Å². The van der Waals surface area contributed by atoms with Gasteiger partial charge in [-0.2, -0.15) is 0 Å². The average Bonchev–Trinajstić information content (AvgIpc) is 2.82. The Balaban J connectivity index is 1.62. The molecule has 0 amide bonds. The highest BCUT2D eigenvalue weighted by molar-refractivity contribution is 5.89. The SMILES string of the molecule is CCCOc1ccc(/C=C/C(=O)Oc2ccc(/C=C/c3ccccn3)cc2OC)cc1. The number of aromatic nitrogens is 1. The highest BCUT2D eigenvalue weighted by Crippen LogP contribution is 2.29. The maximum atomic E-state index is 12.2. The van der Waals surface area contributed by atoms with E-state index in [1.165, 1.54) is 13.2 Å². The molecule has 0 bridgehead atoms. The fourth-order valence-corrected chi connectivity index (χ4v) is 2.73. The molecule has 158 valence electrons. The van der Waals surface area contributed by atoms with Gasteiger partial charge in [-0.1, -0.05) is 37.3 Å². The van der Waals surface area contributed by atoms with E-state index in [0.717, 1.165) is 29.0 Å². The summed E-state index contributed by atoms with van der Waals surface area (Å²) >= 11 is 0. The Hall–Kier alpha value is -3.86. The smallest absolute Gasteiger partial charge is 0.336 e. The fourth-order valence-electron chi connectivity index (χ4n) is 2.73. The second-order valence-electron chi connectivity index (χ2n) is 6.67. The molecule has 0 N–H and O–H groups in total. The molecule has 0 fully saturated rings. The van der Waals surface area contributed by atoms with Crippen LogP contribution in [0.3, 0.4) is 0 Å². The number of carbonyl (C=O) groups excluding carboxylic acids is 1. The molecular weight excluding hydrogens is 390 g/mol. The number of ether oxygens (including phenoxy) is 3. The number of benzene rings is 2. The Morgan fingerprint density at radius 1 is 0.935 bits per heavy atom. The number of hydrogen-bond acceptors (Lipinski definition) is 5. The molecule has 5 nitrogen and oxygen atoms in total. The van der Waals surface area contributed by atoms with Crippen LogP contribution in [0.1, 0.15) is 30.2 Å². The first-order chi connectivity index (χ1) is 15.2. The molecule has 0 atom stereocenters. The molecule has 1 heterocycles. The fraction of sp³-hybridized carbons (Fsp3) is 0.154. The lowest BCUT2D eigenvalue weighted by atomic mass is 10.1. The summed E-state index contributed by atoms with van der Waals surface area (Å²) in [6, 6.07) is 18.6. The Morgan fingerprint density at radius 2 is 1.74 bits per heavy atom. The summed E-state index contributed by atoms with van der Waals surface area (Å²) in [5, 5.41) is 0. The molecule has 1 aromatic heterocycles. The predicted molar refractivity (Wildman–Crippen MR) is 123 cm³/mol. The van der Waals surface area contributed by atoms with Crippen molar-refractivity contribution in [3.05, 3.63) is 89.8 Å². The van der Waals surface area contributed by atoms with Crippen LogP contribution < -0.4 is 14.2 Å². The molecule has 5 heteroatoms. The Kier molecular flexibility index (Phi) is 8.00. The van der Waals surface area contributed by atoms with Gasteiger partial charge in [0.25, 0.3) is 0 Å². The molecule has 0 saturated heterocycles. The van der Waals surface area contributed by atoms with Gasteiger partial charge in [0.05, 0.1) is 19.4 Å². The van der Waals surface area contributed by atoms with Crippen LogP contribution in [0.5, 0.6) is 17.2 Å². The Labute approximate surface area is 182 Å². The van der Waals surface area contributed by atoms with Crippen LogP contribution in [0.4, 0.5) is 0 Å². The highest BCUT2D eigenvalue weighted by Gasteiger charge is 2.08. The van der Waals surface area contributed by atoms with Crippen LogP contribution in [-0.4, -0.2) is 24.7 Å². The van der Waals surface area contributed by atoms with E-state index in [1.807, 2.05) is 60.7 Å². The van der Waals surface area contributed by atoms with E-state index in [-0.39, 0.29) is 0 Å². The van der Waals surface area contributed by atoms with E-state index in [2.05, 4.69) is 11.9 Å². The second kappa shape index (κ2) is 11.4. The number of hydrogen-bond donors (Lipinski definition) is 0. The third-order valence-corrected chi connectivity index (χ3v) is 4.30. The third kappa shape index (κ3) is 6.85. The molecule has 3 aromatic rings. The van der Waals surface area contributed by atoms with Crippen LogP contribution >= 0.6 is 0 Å². The Bertz CT molecular complexity index is 1040. The standard InChI is InChI=1S/C26H25NO4/c1-3-18-30-23-13-8-20(9-14-23)11-16-26(28)31-24-15-10-21(19-25(24)29-2)7-12-22-6-4-5-17-27-22/h4-17,19H,3,18H2,1-2H3/b12-7+,16-11+. The molecule has 0 aliphatic heterocycles. The van der Waals surface area contributed by atoms with Crippen molar-refractivity contribution in [2.24, 2.45) is 0 Å². The number of rotatable bonds is 9. The quantitative estimate of drug-likeness (QED) is 0.256. The van der Waals surface area contributed by atoms with Gasteiger partial charge in [-0.15, -0.1) is 0 Å². The molecule has 0 saturated carbocycles. The lowest BCUT2D eigenvalue weighted by Gasteiger charge is -2.08. The van der Waals surface area contributed by atoms with Crippen molar-refractivity contribution in [1.82, 2.24) is 4.98 Å². The van der Waals surface area contributed by atoms with E-state index in [9.17, 15) is 4.79 Å². The summed E-state index contributed by atoms with van der Waals surface area (Å²) in [5.41, 5.74) is 2.64. The zero-order valence-electron chi connectivity index (χ0n) is 17.7. The minimum atomic E-state index is -0.485. The average molecular weight is 415 g/mol. The van der Waals surface area contributed by atoms with Crippen molar-refractivity contribution < 1.29 is 19.0 Å². The van der Waals surface area contributed by atoms with Gasteiger partial charge in [-0.3, -0.25) is 4.98 Å². The first-order valence-corrected chi connectivity index (χ1v) is 10.1. The van der Waals surface area contributed by atoms with Gasteiger partial charge in [-0.05, 0) is 66.1 Å². The third-order valence-electron chi connectivity index (χ3n) is 4.30. The van der Waals surface area contributed by atoms with E-state index < -0.39 is 5.97 Å². The van der Waals surface area contributed by atoms with Crippen LogP contribution in [0.2, 0.25) is 0 Å². The molecule has 3 rings (SSSR count). The molecule has 0 unspecified atom stereocenters. The molecule has 0 radical (unpaired) electrons. The van der Waals surface area contributed by atoms with Gasteiger partial charge in [0.1, 0.15) is 5.75 Å². The van der Waals surface area contributed by atoms with E-state index in [1.54, 1.807) is 24.4 Å². The maximum absolute atomic E-state index is 12.2. The van der Waals surface area contributed by atoms with E-state index >= 15 is 0 Å². The lowest BCUT2D eigenvalue weighted by Crippen LogP contribution is -2.05. The molecule has 31 heavy (non-hydrogen) atoms. The van der Waals surface area contributed by atoms with Crippen molar-refractivity contribution in [3.8, 4) is 17.2 Å². The summed E-state index contributed by atoms with van der Waals surface area (Å²) in [5.74, 6) is 1.16. The van der Waals surface area contributed by atoms with E-state index in [0.29, 0.717) is 18.1 Å². The van der Waals surface area contributed by atoms with Crippen molar-refractivity contribution in [2.75, 3.05) is 13.7 Å². The van der Waals surface area contributed by atoms with Gasteiger partial charge in [0, 0.05) is 12.3 Å². The van der Waals surface area contributed by atoms with Gasteiger partial charge in [0.2, 0.25) is 0 Å². The summed E-state index contributed by atoms with van der Waals surface area (Å²) in [6.07, 6.45) is 9.61. The highest BCUT2D eigenvalue weighted by atomic mass is 16.6. The number of pyridine rings is 1. The molecule has 2 aromatic carbocycles. The van der Waals surface area contributed by atoms with Crippen LogP contribution in [0.15, 0.2) is 72.9 Å². The molecule has 0 aliphatic carbocycles. The summed E-state index contributed by atoms with van der Waals surface area (Å²) < 4.78 is 16.4. The topological polar surface area (TPSA) is 57.7 Å². The Morgan fingerprint density at radius 3 is 2.45 bits per heavy atom.